The van der Waals surface area contributed by atoms with E-state index in [0.29, 0.717) is 16.9 Å². The van der Waals surface area contributed by atoms with Gasteiger partial charge >= 0.3 is 0 Å². The number of piperidine rings is 1. The van der Waals surface area contributed by atoms with Crippen LogP contribution in [0.1, 0.15) is 18.9 Å². The summed E-state index contributed by atoms with van der Waals surface area (Å²) in [5.74, 6) is 0. The molecule has 0 amide bonds. The molecule has 78 valence electrons. The van der Waals surface area contributed by atoms with Gasteiger partial charge in [0.15, 0.2) is 0 Å². The van der Waals surface area contributed by atoms with E-state index in [4.69, 9.17) is 17.3 Å². The number of nitrogen functional groups attached to an aromatic ring is 1. The van der Waals surface area contributed by atoms with Gasteiger partial charge in [0.2, 0.25) is 0 Å². The van der Waals surface area contributed by atoms with Gasteiger partial charge in [0.05, 0.1) is 17.9 Å². The number of nitrogens with two attached hydrogens (primary N) is 1. The van der Waals surface area contributed by atoms with Crippen LogP contribution >= 0.6 is 11.6 Å². The summed E-state index contributed by atoms with van der Waals surface area (Å²) in [5, 5.41) is 4.79. The largest absolute Gasteiger partial charge is 0.395 e. The smallest absolute Gasteiger partial charge is 0.150 e. The summed E-state index contributed by atoms with van der Waals surface area (Å²) < 4.78 is 1.85. The van der Waals surface area contributed by atoms with Crippen LogP contribution < -0.4 is 5.73 Å². The number of aromatic nitrogens is 2. The first-order valence-corrected chi connectivity index (χ1v) is 5.23. The summed E-state index contributed by atoms with van der Waals surface area (Å²) in [5.41, 5.74) is 6.22. The van der Waals surface area contributed by atoms with Crippen molar-refractivity contribution in [3.63, 3.8) is 0 Å². The molecule has 14 heavy (non-hydrogen) atoms. The SMILES string of the molecule is CN1CCC(n2ncc(N)c2Cl)CC1. The molecule has 2 rings (SSSR count). The highest BCUT2D eigenvalue weighted by molar-refractivity contribution is 6.32. The lowest BCUT2D eigenvalue weighted by atomic mass is 10.1. The van der Waals surface area contributed by atoms with Crippen LogP contribution in [0.4, 0.5) is 5.69 Å². The van der Waals surface area contributed by atoms with Crippen molar-refractivity contribution in [1.29, 1.82) is 0 Å². The summed E-state index contributed by atoms with van der Waals surface area (Å²) >= 11 is 6.04. The second-order valence-corrected chi connectivity index (χ2v) is 4.23. The number of halogens is 1. The van der Waals surface area contributed by atoms with Crippen molar-refractivity contribution >= 4 is 17.3 Å². The molecule has 1 saturated heterocycles. The molecule has 5 heteroatoms. The van der Waals surface area contributed by atoms with E-state index in [0.717, 1.165) is 25.9 Å². The zero-order chi connectivity index (χ0) is 10.1. The summed E-state index contributed by atoms with van der Waals surface area (Å²) in [4.78, 5) is 2.32. The number of likely N-dealkylation sites (tertiary alicyclic amines) is 1. The van der Waals surface area contributed by atoms with E-state index in [1.54, 1.807) is 6.20 Å². The molecule has 0 aromatic carbocycles. The van der Waals surface area contributed by atoms with Crippen LogP contribution in [0.25, 0.3) is 0 Å². The minimum atomic E-state index is 0.413. The van der Waals surface area contributed by atoms with Crippen molar-refractivity contribution in [2.75, 3.05) is 25.9 Å². The predicted molar refractivity (Wildman–Crippen MR) is 57.4 cm³/mol. The maximum Gasteiger partial charge on any atom is 0.150 e. The zero-order valence-corrected chi connectivity index (χ0v) is 9.04. The van der Waals surface area contributed by atoms with E-state index in [1.165, 1.54) is 0 Å². The van der Waals surface area contributed by atoms with Gasteiger partial charge in [-0.05, 0) is 33.0 Å². The quantitative estimate of drug-likeness (QED) is 0.769. The van der Waals surface area contributed by atoms with E-state index in [2.05, 4.69) is 17.0 Å². The molecule has 1 aliphatic rings. The van der Waals surface area contributed by atoms with Crippen molar-refractivity contribution in [3.8, 4) is 0 Å². The lowest BCUT2D eigenvalue weighted by molar-refractivity contribution is 0.212. The Labute approximate surface area is 88.6 Å². The lowest BCUT2D eigenvalue weighted by Crippen LogP contribution is -2.31. The molecule has 1 aromatic rings. The number of anilines is 1. The average molecular weight is 215 g/mol. The van der Waals surface area contributed by atoms with E-state index in [-0.39, 0.29) is 0 Å². The zero-order valence-electron chi connectivity index (χ0n) is 8.28. The first-order valence-electron chi connectivity index (χ1n) is 4.85. The van der Waals surface area contributed by atoms with Crippen LogP contribution in [0, 0.1) is 0 Å². The third-order valence-electron chi connectivity index (χ3n) is 2.79. The third kappa shape index (κ3) is 1.72. The molecular formula is C9H15ClN4. The molecule has 1 aliphatic heterocycles. The van der Waals surface area contributed by atoms with Gasteiger partial charge in [-0.15, -0.1) is 0 Å². The Balaban J connectivity index is 2.12. The first kappa shape index (κ1) is 9.80. The molecule has 1 fully saturated rings. The topological polar surface area (TPSA) is 47.1 Å². The molecule has 0 atom stereocenters. The molecule has 0 saturated carbocycles. The van der Waals surface area contributed by atoms with Crippen LogP contribution in [0.3, 0.4) is 0 Å². The minimum Gasteiger partial charge on any atom is -0.395 e. The Hall–Kier alpha value is -0.740. The lowest BCUT2D eigenvalue weighted by Gasteiger charge is -2.29. The number of hydrogen-bond donors (Lipinski definition) is 1. The average Bonchev–Trinajstić information content (AvgIpc) is 2.50. The number of nitrogens with zero attached hydrogens (tertiary/aromatic N) is 3. The highest BCUT2D eigenvalue weighted by Crippen LogP contribution is 2.27. The molecule has 1 aromatic heterocycles. The number of hydrogen-bond acceptors (Lipinski definition) is 3. The molecule has 0 radical (unpaired) electrons. The van der Waals surface area contributed by atoms with E-state index >= 15 is 0 Å². The normalized spacial score (nSPS) is 20.1. The highest BCUT2D eigenvalue weighted by Gasteiger charge is 2.21. The fraction of sp³-hybridized carbons (Fsp3) is 0.667. The van der Waals surface area contributed by atoms with Crippen LogP contribution in [0.5, 0.6) is 0 Å². The van der Waals surface area contributed by atoms with E-state index in [1.807, 2.05) is 4.68 Å². The van der Waals surface area contributed by atoms with Crippen molar-refractivity contribution in [3.05, 3.63) is 11.3 Å². The predicted octanol–water partition coefficient (Wildman–Crippen LogP) is 1.39. The summed E-state index contributed by atoms with van der Waals surface area (Å²) in [6.07, 6.45) is 3.81. The Morgan fingerprint density at radius 1 is 1.50 bits per heavy atom. The number of rotatable bonds is 1. The van der Waals surface area contributed by atoms with E-state index in [9.17, 15) is 0 Å². The second kappa shape index (κ2) is 3.79. The van der Waals surface area contributed by atoms with Gasteiger partial charge in [-0.2, -0.15) is 5.10 Å². The third-order valence-corrected chi connectivity index (χ3v) is 3.19. The molecule has 0 spiro atoms. The Bertz CT molecular complexity index is 315. The molecule has 4 nitrogen and oxygen atoms in total. The first-order chi connectivity index (χ1) is 6.68. The van der Waals surface area contributed by atoms with Gasteiger partial charge in [-0.25, -0.2) is 4.68 Å². The monoisotopic (exact) mass is 214 g/mol. The van der Waals surface area contributed by atoms with Gasteiger partial charge in [-0.1, -0.05) is 11.6 Å². The van der Waals surface area contributed by atoms with Crippen LogP contribution in [-0.2, 0) is 0 Å². The Morgan fingerprint density at radius 3 is 2.64 bits per heavy atom. The van der Waals surface area contributed by atoms with Crippen LogP contribution in [0.15, 0.2) is 6.20 Å². The summed E-state index contributed by atoms with van der Waals surface area (Å²) in [7, 11) is 2.13. The molecule has 0 unspecified atom stereocenters. The van der Waals surface area contributed by atoms with Crippen molar-refractivity contribution in [1.82, 2.24) is 14.7 Å². The van der Waals surface area contributed by atoms with Crippen LogP contribution in [-0.4, -0.2) is 34.8 Å². The standard InChI is InChI=1S/C9H15ClN4/c1-13-4-2-7(3-5-13)14-9(10)8(11)6-12-14/h6-7H,2-5,11H2,1H3. The molecule has 0 bridgehead atoms. The summed E-state index contributed by atoms with van der Waals surface area (Å²) in [6.45, 7) is 2.20. The highest BCUT2D eigenvalue weighted by atomic mass is 35.5. The van der Waals surface area contributed by atoms with Gasteiger partial charge in [-0.3, -0.25) is 0 Å². The van der Waals surface area contributed by atoms with Gasteiger partial charge < -0.3 is 10.6 Å². The van der Waals surface area contributed by atoms with Gasteiger partial charge in [0.1, 0.15) is 5.15 Å². The summed E-state index contributed by atoms with van der Waals surface area (Å²) in [6, 6.07) is 0.413. The molecule has 2 N–H and O–H groups in total. The second-order valence-electron chi connectivity index (χ2n) is 3.87. The maximum absolute atomic E-state index is 6.04. The Kier molecular flexibility index (Phi) is 2.65. The Morgan fingerprint density at radius 2 is 2.14 bits per heavy atom. The fourth-order valence-electron chi connectivity index (χ4n) is 1.85. The van der Waals surface area contributed by atoms with Crippen molar-refractivity contribution < 1.29 is 0 Å². The molecular weight excluding hydrogens is 200 g/mol. The van der Waals surface area contributed by atoms with Crippen molar-refractivity contribution in [2.45, 2.75) is 18.9 Å². The minimum absolute atomic E-state index is 0.413. The van der Waals surface area contributed by atoms with Crippen molar-refractivity contribution in [2.24, 2.45) is 0 Å². The maximum atomic E-state index is 6.04. The molecule has 2 heterocycles. The van der Waals surface area contributed by atoms with Gasteiger partial charge in [0, 0.05) is 0 Å². The van der Waals surface area contributed by atoms with Gasteiger partial charge in [0.25, 0.3) is 0 Å². The molecule has 0 aliphatic carbocycles. The van der Waals surface area contributed by atoms with Crippen LogP contribution in [0.2, 0.25) is 5.15 Å². The van der Waals surface area contributed by atoms with E-state index < -0.39 is 0 Å². The fourth-order valence-corrected chi connectivity index (χ4v) is 2.09.